The normalized spacial score (nSPS) is 21.5. The smallest absolute Gasteiger partial charge is 0.274 e. The van der Waals surface area contributed by atoms with Gasteiger partial charge in [0.05, 0.1) is 0 Å². The van der Waals surface area contributed by atoms with E-state index in [0.717, 1.165) is 25.9 Å². The fraction of sp³-hybridized carbons (Fsp3) is 0.647. The molecule has 0 saturated carbocycles. The molecule has 3 N–H and O–H groups in total. The van der Waals surface area contributed by atoms with Crippen molar-refractivity contribution in [2.75, 3.05) is 19.6 Å². The van der Waals surface area contributed by atoms with Gasteiger partial charge in [0.25, 0.3) is 10.2 Å². The molecule has 0 bridgehead atoms. The van der Waals surface area contributed by atoms with Gasteiger partial charge in [-0.25, -0.2) is 9.86 Å². The third kappa shape index (κ3) is 5.57. The van der Waals surface area contributed by atoms with Gasteiger partial charge in [0.2, 0.25) is 0 Å². The summed E-state index contributed by atoms with van der Waals surface area (Å²) in [6.07, 6.45) is 2.13. The standard InChI is InChI=1S/C17H29N3O2S/c1-13(2)16-6-8-17(9-7-16)14(3)20-10-4-5-15(12-20)11-19-23(18,21)22/h6-9,13-15,19H,4-5,10-12H2,1-3H3,(H2,18,21,22). The molecule has 23 heavy (non-hydrogen) atoms. The Labute approximate surface area is 140 Å². The van der Waals surface area contributed by atoms with Gasteiger partial charge in [-0.1, -0.05) is 38.1 Å². The molecule has 2 atom stereocenters. The van der Waals surface area contributed by atoms with Crippen molar-refractivity contribution in [3.63, 3.8) is 0 Å². The van der Waals surface area contributed by atoms with Gasteiger partial charge in [0, 0.05) is 19.1 Å². The molecule has 1 fully saturated rings. The maximum atomic E-state index is 11.1. The maximum Gasteiger partial charge on any atom is 0.274 e. The van der Waals surface area contributed by atoms with Crippen LogP contribution in [0.5, 0.6) is 0 Å². The van der Waals surface area contributed by atoms with Crippen molar-refractivity contribution in [3.8, 4) is 0 Å². The zero-order chi connectivity index (χ0) is 17.0. The second-order valence-corrected chi connectivity index (χ2v) is 8.27. The van der Waals surface area contributed by atoms with Gasteiger partial charge in [-0.05, 0) is 49.3 Å². The molecule has 1 aliphatic heterocycles. The molecular formula is C17H29N3O2S. The summed E-state index contributed by atoms with van der Waals surface area (Å²) >= 11 is 0. The van der Waals surface area contributed by atoms with Gasteiger partial charge >= 0.3 is 0 Å². The number of nitrogens with two attached hydrogens (primary N) is 1. The minimum atomic E-state index is -3.59. The topological polar surface area (TPSA) is 75.4 Å². The number of hydrogen-bond donors (Lipinski definition) is 2. The number of hydrogen-bond acceptors (Lipinski definition) is 3. The molecule has 2 unspecified atom stereocenters. The van der Waals surface area contributed by atoms with Crippen molar-refractivity contribution in [2.24, 2.45) is 11.1 Å². The molecule has 1 aromatic rings. The van der Waals surface area contributed by atoms with Crippen LogP contribution in [0.15, 0.2) is 24.3 Å². The molecule has 1 saturated heterocycles. The minimum Gasteiger partial charge on any atom is -0.296 e. The SMILES string of the molecule is CC(C)c1ccc(C(C)N2CCCC(CNS(N)(=O)=O)C2)cc1. The molecule has 2 rings (SSSR count). The molecule has 5 nitrogen and oxygen atoms in total. The Bertz CT molecular complexity index is 599. The van der Waals surface area contributed by atoms with Gasteiger partial charge in [0.1, 0.15) is 0 Å². The molecule has 130 valence electrons. The summed E-state index contributed by atoms with van der Waals surface area (Å²) in [4.78, 5) is 2.43. The molecule has 1 heterocycles. The summed E-state index contributed by atoms with van der Waals surface area (Å²) in [6, 6.07) is 9.19. The highest BCUT2D eigenvalue weighted by Crippen LogP contribution is 2.27. The lowest BCUT2D eigenvalue weighted by Crippen LogP contribution is -2.43. The molecule has 0 aliphatic carbocycles. The van der Waals surface area contributed by atoms with Crippen LogP contribution in [-0.2, 0) is 10.2 Å². The average Bonchev–Trinajstić information content (AvgIpc) is 2.52. The second-order valence-electron chi connectivity index (χ2n) is 6.89. The molecule has 0 aromatic heterocycles. The van der Waals surface area contributed by atoms with Crippen LogP contribution in [0, 0.1) is 5.92 Å². The van der Waals surface area contributed by atoms with E-state index < -0.39 is 10.2 Å². The van der Waals surface area contributed by atoms with Crippen LogP contribution < -0.4 is 9.86 Å². The first-order valence-corrected chi connectivity index (χ1v) is 9.92. The predicted octanol–water partition coefficient (Wildman–Crippen LogP) is 2.38. The minimum absolute atomic E-state index is 0.319. The summed E-state index contributed by atoms with van der Waals surface area (Å²) in [5.74, 6) is 0.863. The van der Waals surface area contributed by atoms with E-state index in [1.54, 1.807) is 0 Å². The molecule has 1 aliphatic rings. The van der Waals surface area contributed by atoms with E-state index in [0.29, 0.717) is 24.4 Å². The highest BCUT2D eigenvalue weighted by atomic mass is 32.2. The van der Waals surface area contributed by atoms with Crippen molar-refractivity contribution in [3.05, 3.63) is 35.4 Å². The Balaban J connectivity index is 1.97. The van der Waals surface area contributed by atoms with Crippen molar-refractivity contribution >= 4 is 10.2 Å². The lowest BCUT2D eigenvalue weighted by atomic mass is 9.94. The van der Waals surface area contributed by atoms with E-state index >= 15 is 0 Å². The van der Waals surface area contributed by atoms with Crippen LogP contribution in [0.2, 0.25) is 0 Å². The van der Waals surface area contributed by atoms with E-state index in [1.165, 1.54) is 11.1 Å². The van der Waals surface area contributed by atoms with Gasteiger partial charge in [-0.15, -0.1) is 0 Å². The fourth-order valence-electron chi connectivity index (χ4n) is 3.22. The Morgan fingerprint density at radius 2 is 1.83 bits per heavy atom. The lowest BCUT2D eigenvalue weighted by Gasteiger charge is -2.37. The van der Waals surface area contributed by atoms with Gasteiger partial charge < -0.3 is 0 Å². The first-order valence-electron chi connectivity index (χ1n) is 8.37. The van der Waals surface area contributed by atoms with E-state index in [2.05, 4.69) is 54.7 Å². The summed E-state index contributed by atoms with van der Waals surface area (Å²) in [5, 5.41) is 5.02. The Morgan fingerprint density at radius 3 is 2.39 bits per heavy atom. The first-order chi connectivity index (χ1) is 10.8. The number of likely N-dealkylation sites (tertiary alicyclic amines) is 1. The monoisotopic (exact) mass is 339 g/mol. The van der Waals surface area contributed by atoms with Gasteiger partial charge in [0.15, 0.2) is 0 Å². The molecule has 0 spiro atoms. The summed E-state index contributed by atoms with van der Waals surface area (Å²) in [5.41, 5.74) is 2.67. The number of benzene rings is 1. The Morgan fingerprint density at radius 1 is 1.22 bits per heavy atom. The molecule has 0 amide bonds. The van der Waals surface area contributed by atoms with E-state index in [-0.39, 0.29) is 0 Å². The number of rotatable bonds is 6. The van der Waals surface area contributed by atoms with Crippen LogP contribution in [0.3, 0.4) is 0 Å². The predicted molar refractivity (Wildman–Crippen MR) is 94.4 cm³/mol. The third-order valence-electron chi connectivity index (χ3n) is 4.76. The quantitative estimate of drug-likeness (QED) is 0.835. The molecule has 1 aromatic carbocycles. The summed E-state index contributed by atoms with van der Waals surface area (Å²) < 4.78 is 24.5. The molecule has 6 heteroatoms. The average molecular weight is 340 g/mol. The van der Waals surface area contributed by atoms with E-state index in [9.17, 15) is 8.42 Å². The first kappa shape index (κ1) is 18.4. The third-order valence-corrected chi connectivity index (χ3v) is 5.33. The van der Waals surface area contributed by atoms with Crippen LogP contribution in [0.4, 0.5) is 0 Å². The van der Waals surface area contributed by atoms with Crippen molar-refractivity contribution < 1.29 is 8.42 Å². The zero-order valence-electron chi connectivity index (χ0n) is 14.3. The van der Waals surface area contributed by atoms with Crippen molar-refractivity contribution in [1.82, 2.24) is 9.62 Å². The van der Waals surface area contributed by atoms with E-state index in [4.69, 9.17) is 5.14 Å². The lowest BCUT2D eigenvalue weighted by molar-refractivity contribution is 0.133. The largest absolute Gasteiger partial charge is 0.296 e. The summed E-state index contributed by atoms with van der Waals surface area (Å²) in [6.45, 7) is 9.00. The van der Waals surface area contributed by atoms with Crippen molar-refractivity contribution in [1.29, 1.82) is 0 Å². The highest BCUT2D eigenvalue weighted by molar-refractivity contribution is 7.87. The van der Waals surface area contributed by atoms with Crippen molar-refractivity contribution in [2.45, 2.75) is 45.6 Å². The summed E-state index contributed by atoms with van der Waals surface area (Å²) in [7, 11) is -3.59. The van der Waals surface area contributed by atoms with Gasteiger partial charge in [-0.3, -0.25) is 4.90 Å². The Kier molecular flexibility index (Phi) is 6.19. The van der Waals surface area contributed by atoms with E-state index in [1.807, 2.05) is 0 Å². The van der Waals surface area contributed by atoms with Crippen LogP contribution in [0.1, 0.15) is 56.7 Å². The van der Waals surface area contributed by atoms with Crippen LogP contribution in [-0.4, -0.2) is 33.0 Å². The Hall–Kier alpha value is -0.950. The molecular weight excluding hydrogens is 310 g/mol. The number of nitrogens with one attached hydrogen (secondary N) is 1. The van der Waals surface area contributed by atoms with Crippen LogP contribution in [0.25, 0.3) is 0 Å². The highest BCUT2D eigenvalue weighted by Gasteiger charge is 2.25. The zero-order valence-corrected chi connectivity index (χ0v) is 15.1. The second kappa shape index (κ2) is 7.75. The maximum absolute atomic E-state index is 11.1. The fourth-order valence-corrected chi connectivity index (χ4v) is 3.69. The number of piperidine rings is 1. The van der Waals surface area contributed by atoms with Crippen LogP contribution >= 0.6 is 0 Å². The number of nitrogens with zero attached hydrogens (tertiary/aromatic N) is 1. The molecule has 0 radical (unpaired) electrons. The van der Waals surface area contributed by atoms with Gasteiger partial charge in [-0.2, -0.15) is 8.42 Å².